The van der Waals surface area contributed by atoms with Crippen molar-refractivity contribution in [2.75, 3.05) is 0 Å². The number of benzene rings is 1. The number of nitrogens with zero attached hydrogens (tertiary/aromatic N) is 2. The summed E-state index contributed by atoms with van der Waals surface area (Å²) in [5.74, 6) is -0.701. The van der Waals surface area contributed by atoms with Gasteiger partial charge in [-0.25, -0.2) is 0 Å². The molecular weight excluding hydrogens is 271 g/mol. The Bertz CT molecular complexity index is 665. The van der Waals surface area contributed by atoms with Crippen molar-refractivity contribution in [2.24, 2.45) is 5.92 Å². The van der Waals surface area contributed by atoms with E-state index in [1.54, 1.807) is 18.0 Å². The first-order valence-corrected chi connectivity index (χ1v) is 6.86. The number of carbonyl (C=O) groups excluding carboxylic acids is 1. The minimum atomic E-state index is -0.744. The molecule has 0 radical (unpaired) electrons. The Morgan fingerprint density at radius 2 is 2.10 bits per heavy atom. The maximum absolute atomic E-state index is 12.6. The van der Waals surface area contributed by atoms with Crippen LogP contribution in [0.3, 0.4) is 0 Å². The summed E-state index contributed by atoms with van der Waals surface area (Å²) in [6, 6.07) is 7.90. The van der Waals surface area contributed by atoms with Crippen LogP contribution in [0.25, 0.3) is 11.5 Å². The van der Waals surface area contributed by atoms with Crippen LogP contribution in [0.15, 0.2) is 42.6 Å². The normalized spacial score (nSPS) is 26.2. The average Bonchev–Trinajstić information content (AvgIpc) is 2.67. The molecule has 3 nitrogen and oxygen atoms in total. The summed E-state index contributed by atoms with van der Waals surface area (Å²) in [5.41, 5.74) is 2.17. The Kier molecular flexibility index (Phi) is 4.29. The van der Waals surface area contributed by atoms with E-state index < -0.39 is 11.5 Å². The van der Waals surface area contributed by atoms with Crippen LogP contribution in [-0.2, 0) is 10.3 Å². The SMILES string of the molecule is C=C(C)C1C(=[N-])C2(CC)c3ccccc3C=CN2C1=O.[Na+]. The monoisotopic (exact) mass is 288 g/mol. The van der Waals surface area contributed by atoms with Crippen LogP contribution in [0.2, 0.25) is 0 Å². The standard InChI is InChI=1S/C17H17N2O.Na/c1-4-17-13-8-6-5-7-12(13)9-10-19(17)16(20)14(11(2)3)15(17)18;/h5-10,14H,2,4H2,1,3H3;/q-1;+1. The molecule has 21 heavy (non-hydrogen) atoms. The smallest absolute Gasteiger partial charge is 0.808 e. The van der Waals surface area contributed by atoms with Gasteiger partial charge in [0.15, 0.2) is 0 Å². The van der Waals surface area contributed by atoms with E-state index in [9.17, 15) is 10.2 Å². The second-order valence-electron chi connectivity index (χ2n) is 5.49. The summed E-state index contributed by atoms with van der Waals surface area (Å²) in [6.45, 7) is 7.65. The van der Waals surface area contributed by atoms with E-state index in [4.69, 9.17) is 0 Å². The van der Waals surface area contributed by atoms with Gasteiger partial charge in [0.2, 0.25) is 5.91 Å². The maximum Gasteiger partial charge on any atom is 1.00 e. The van der Waals surface area contributed by atoms with Crippen molar-refractivity contribution < 1.29 is 34.4 Å². The van der Waals surface area contributed by atoms with Crippen LogP contribution in [-0.4, -0.2) is 16.5 Å². The summed E-state index contributed by atoms with van der Waals surface area (Å²) in [5, 5.41) is 10.8. The third-order valence-corrected chi connectivity index (χ3v) is 4.41. The molecule has 0 aliphatic carbocycles. The van der Waals surface area contributed by atoms with Gasteiger partial charge in [0, 0.05) is 6.20 Å². The Hall–Kier alpha value is -1.16. The van der Waals surface area contributed by atoms with E-state index in [1.165, 1.54) is 0 Å². The van der Waals surface area contributed by atoms with Gasteiger partial charge in [0.25, 0.3) is 0 Å². The molecule has 102 valence electrons. The van der Waals surface area contributed by atoms with E-state index in [0.717, 1.165) is 11.1 Å². The predicted molar refractivity (Wildman–Crippen MR) is 81.0 cm³/mol. The van der Waals surface area contributed by atoms with Crippen molar-refractivity contribution in [3.8, 4) is 0 Å². The van der Waals surface area contributed by atoms with E-state index in [2.05, 4.69) is 6.58 Å². The maximum atomic E-state index is 12.6. The second kappa shape index (κ2) is 5.56. The molecule has 2 atom stereocenters. The zero-order valence-corrected chi connectivity index (χ0v) is 14.8. The number of rotatable bonds is 2. The van der Waals surface area contributed by atoms with Crippen molar-refractivity contribution in [1.29, 1.82) is 0 Å². The number of amides is 1. The molecule has 0 spiro atoms. The Morgan fingerprint density at radius 1 is 1.43 bits per heavy atom. The summed E-state index contributed by atoms with van der Waals surface area (Å²) in [7, 11) is 0. The summed E-state index contributed by atoms with van der Waals surface area (Å²) in [4.78, 5) is 14.3. The minimum absolute atomic E-state index is 0. The van der Waals surface area contributed by atoms with Gasteiger partial charge in [-0.05, 0) is 30.5 Å². The molecule has 0 aromatic heterocycles. The van der Waals surface area contributed by atoms with Gasteiger partial charge < -0.3 is 10.3 Å². The van der Waals surface area contributed by atoms with Crippen molar-refractivity contribution in [1.82, 2.24) is 4.90 Å². The third kappa shape index (κ3) is 1.99. The molecule has 0 saturated carbocycles. The van der Waals surface area contributed by atoms with Crippen LogP contribution in [0.5, 0.6) is 0 Å². The first-order chi connectivity index (χ1) is 9.54. The number of hydrogen-bond acceptors (Lipinski definition) is 1. The predicted octanol–water partition coefficient (Wildman–Crippen LogP) is 0.325. The largest absolute Gasteiger partial charge is 1.00 e. The number of hydrogen-bond donors (Lipinski definition) is 0. The van der Waals surface area contributed by atoms with Crippen molar-refractivity contribution in [2.45, 2.75) is 25.8 Å². The summed E-state index contributed by atoms with van der Waals surface area (Å²) < 4.78 is 0. The third-order valence-electron chi connectivity index (χ3n) is 4.41. The van der Waals surface area contributed by atoms with E-state index in [0.29, 0.717) is 12.0 Å². The molecule has 2 aliphatic rings. The van der Waals surface area contributed by atoms with Crippen molar-refractivity contribution in [3.05, 3.63) is 59.2 Å². The van der Waals surface area contributed by atoms with Crippen LogP contribution in [0.4, 0.5) is 0 Å². The molecular formula is C17H17N2NaO. The molecule has 3 rings (SSSR count). The van der Waals surface area contributed by atoms with Gasteiger partial charge in [0.05, 0.1) is 11.5 Å². The van der Waals surface area contributed by atoms with Gasteiger partial charge in [-0.2, -0.15) is 5.71 Å². The first-order valence-electron chi connectivity index (χ1n) is 6.86. The van der Waals surface area contributed by atoms with Crippen LogP contribution in [0, 0.1) is 5.92 Å². The van der Waals surface area contributed by atoms with Crippen molar-refractivity contribution in [3.63, 3.8) is 0 Å². The van der Waals surface area contributed by atoms with E-state index in [-0.39, 0.29) is 41.2 Å². The quantitative estimate of drug-likeness (QED) is 0.571. The van der Waals surface area contributed by atoms with Gasteiger partial charge in [0.1, 0.15) is 0 Å². The van der Waals surface area contributed by atoms with Crippen LogP contribution in [0.1, 0.15) is 31.4 Å². The fraction of sp³-hybridized carbons (Fsp3) is 0.294. The molecule has 1 saturated heterocycles. The average molecular weight is 288 g/mol. The molecule has 1 aromatic carbocycles. The fourth-order valence-corrected chi connectivity index (χ4v) is 3.43. The molecule has 2 aliphatic heterocycles. The topological polar surface area (TPSA) is 42.6 Å². The molecule has 1 aromatic rings. The second-order valence-corrected chi connectivity index (χ2v) is 5.49. The molecule has 1 amide bonds. The van der Waals surface area contributed by atoms with E-state index in [1.807, 2.05) is 37.3 Å². The number of fused-ring (bicyclic) bond motifs is 3. The zero-order valence-electron chi connectivity index (χ0n) is 12.8. The van der Waals surface area contributed by atoms with Crippen molar-refractivity contribution >= 4 is 17.7 Å². The molecule has 2 heterocycles. The van der Waals surface area contributed by atoms with Gasteiger partial charge in [-0.3, -0.25) is 4.79 Å². The molecule has 0 bridgehead atoms. The molecule has 4 heteroatoms. The Morgan fingerprint density at radius 3 is 2.71 bits per heavy atom. The first kappa shape index (κ1) is 16.2. The number of carbonyl (C=O) groups is 1. The van der Waals surface area contributed by atoms with E-state index >= 15 is 0 Å². The molecule has 2 unspecified atom stereocenters. The van der Waals surface area contributed by atoms with Gasteiger partial charge in [-0.15, -0.1) is 0 Å². The van der Waals surface area contributed by atoms with Gasteiger partial charge >= 0.3 is 29.6 Å². The van der Waals surface area contributed by atoms with Crippen LogP contribution >= 0.6 is 0 Å². The molecule has 1 fully saturated rings. The molecule has 0 N–H and O–H groups in total. The van der Waals surface area contributed by atoms with Gasteiger partial charge in [-0.1, -0.05) is 43.3 Å². The zero-order chi connectivity index (χ0) is 14.5. The van der Waals surface area contributed by atoms with Crippen LogP contribution < -0.4 is 29.6 Å². The summed E-state index contributed by atoms with van der Waals surface area (Å²) >= 11 is 0. The summed E-state index contributed by atoms with van der Waals surface area (Å²) in [6.07, 6.45) is 4.35. The Labute approximate surface area is 147 Å². The Balaban J connectivity index is 0.00000161. The fourth-order valence-electron chi connectivity index (χ4n) is 3.43. The minimum Gasteiger partial charge on any atom is -0.808 e.